The van der Waals surface area contributed by atoms with Crippen LogP contribution in [-0.2, 0) is 4.79 Å². The Kier molecular flexibility index (Phi) is 3.53. The van der Waals surface area contributed by atoms with E-state index < -0.39 is 11.9 Å². The third kappa shape index (κ3) is 2.39. The lowest BCUT2D eigenvalue weighted by atomic mass is 10.00. The van der Waals surface area contributed by atoms with Crippen molar-refractivity contribution in [1.82, 2.24) is 0 Å². The number of rotatable bonds is 3. The molecular weight excluding hydrogens is 218 g/mol. The zero-order valence-corrected chi connectivity index (χ0v) is 8.65. The number of benzene rings is 1. The van der Waals surface area contributed by atoms with Crippen LogP contribution in [0.15, 0.2) is 18.2 Å². The Balaban J connectivity index is 3.27. The number of nitrogens with zero attached hydrogens (tertiary/aromatic N) is 1. The van der Waals surface area contributed by atoms with Crippen molar-refractivity contribution in [1.29, 1.82) is 5.26 Å². The lowest BCUT2D eigenvalue weighted by Crippen LogP contribution is -2.10. The first-order valence-electron chi connectivity index (χ1n) is 4.06. The fourth-order valence-electron chi connectivity index (χ4n) is 1.19. The summed E-state index contributed by atoms with van der Waals surface area (Å²) in [6, 6.07) is 6.20. The predicted molar refractivity (Wildman–Crippen MR) is 54.0 cm³/mol. The number of carboxylic acids is 1. The number of nitriles is 1. The van der Waals surface area contributed by atoms with Gasteiger partial charge in [0.1, 0.15) is 5.75 Å². The van der Waals surface area contributed by atoms with Gasteiger partial charge in [0.2, 0.25) is 0 Å². The van der Waals surface area contributed by atoms with Gasteiger partial charge in [-0.1, -0.05) is 11.6 Å². The van der Waals surface area contributed by atoms with E-state index in [0.29, 0.717) is 10.8 Å². The van der Waals surface area contributed by atoms with Crippen LogP contribution in [0, 0.1) is 11.3 Å². The van der Waals surface area contributed by atoms with E-state index in [-0.39, 0.29) is 5.56 Å². The van der Waals surface area contributed by atoms with Crippen LogP contribution in [0.25, 0.3) is 0 Å². The third-order valence-electron chi connectivity index (χ3n) is 1.88. The van der Waals surface area contributed by atoms with Gasteiger partial charge in [0.15, 0.2) is 5.92 Å². The normalized spacial score (nSPS) is 11.5. The van der Waals surface area contributed by atoms with Crippen molar-refractivity contribution >= 4 is 17.6 Å². The molecular formula is C10H8ClNO3. The molecule has 1 N–H and O–H groups in total. The Morgan fingerprint density at radius 2 is 2.33 bits per heavy atom. The number of halogens is 1. The zero-order valence-electron chi connectivity index (χ0n) is 7.90. The van der Waals surface area contributed by atoms with Crippen molar-refractivity contribution < 1.29 is 14.6 Å². The summed E-state index contributed by atoms with van der Waals surface area (Å²) in [5, 5.41) is 17.9. The fraction of sp³-hybridized carbons (Fsp3) is 0.200. The van der Waals surface area contributed by atoms with Crippen molar-refractivity contribution in [2.45, 2.75) is 5.92 Å². The monoisotopic (exact) mass is 225 g/mol. The molecule has 0 saturated heterocycles. The minimum absolute atomic E-state index is 0.264. The molecule has 78 valence electrons. The molecule has 0 saturated carbocycles. The molecule has 0 aliphatic rings. The molecule has 0 aliphatic heterocycles. The van der Waals surface area contributed by atoms with Crippen LogP contribution < -0.4 is 4.74 Å². The second-order valence-corrected chi connectivity index (χ2v) is 3.22. The largest absolute Gasteiger partial charge is 0.496 e. The predicted octanol–water partition coefficient (Wildman–Crippen LogP) is 2.04. The Morgan fingerprint density at radius 1 is 1.67 bits per heavy atom. The average Bonchev–Trinajstić information content (AvgIpc) is 2.18. The van der Waals surface area contributed by atoms with Gasteiger partial charge < -0.3 is 9.84 Å². The number of aliphatic carboxylic acids is 1. The third-order valence-corrected chi connectivity index (χ3v) is 2.11. The lowest BCUT2D eigenvalue weighted by Gasteiger charge is -2.10. The van der Waals surface area contributed by atoms with E-state index in [9.17, 15) is 4.79 Å². The van der Waals surface area contributed by atoms with Gasteiger partial charge in [-0.2, -0.15) is 5.26 Å². The van der Waals surface area contributed by atoms with Gasteiger partial charge in [0.05, 0.1) is 13.2 Å². The SMILES string of the molecule is COc1ccc(Cl)cc1C(C#N)C(=O)O. The maximum atomic E-state index is 10.8. The first-order chi connectivity index (χ1) is 7.10. The Hall–Kier alpha value is -1.73. The van der Waals surface area contributed by atoms with Crippen molar-refractivity contribution in [3.8, 4) is 11.8 Å². The van der Waals surface area contributed by atoms with Crippen LogP contribution in [-0.4, -0.2) is 18.2 Å². The molecule has 15 heavy (non-hydrogen) atoms. The Bertz CT molecular complexity index is 425. The van der Waals surface area contributed by atoms with E-state index in [1.54, 1.807) is 12.1 Å². The second-order valence-electron chi connectivity index (χ2n) is 2.79. The molecule has 1 unspecified atom stereocenters. The van der Waals surface area contributed by atoms with Crippen molar-refractivity contribution in [2.75, 3.05) is 7.11 Å². The highest BCUT2D eigenvalue weighted by Crippen LogP contribution is 2.29. The highest BCUT2D eigenvalue weighted by molar-refractivity contribution is 6.30. The quantitative estimate of drug-likeness (QED) is 0.855. The van der Waals surface area contributed by atoms with Crippen LogP contribution in [0.1, 0.15) is 11.5 Å². The van der Waals surface area contributed by atoms with Crippen molar-refractivity contribution in [2.24, 2.45) is 0 Å². The summed E-state index contributed by atoms with van der Waals surface area (Å²) < 4.78 is 4.96. The smallest absolute Gasteiger partial charge is 0.325 e. The second kappa shape index (κ2) is 4.67. The molecule has 1 aromatic rings. The number of methoxy groups -OCH3 is 1. The maximum Gasteiger partial charge on any atom is 0.325 e. The van der Waals surface area contributed by atoms with Gasteiger partial charge in [0.25, 0.3) is 0 Å². The molecule has 0 amide bonds. The van der Waals surface area contributed by atoms with E-state index >= 15 is 0 Å². The molecule has 0 heterocycles. The van der Waals surface area contributed by atoms with Gasteiger partial charge in [-0.3, -0.25) is 4.79 Å². The summed E-state index contributed by atoms with van der Waals surface area (Å²) in [5.74, 6) is -2.15. The van der Waals surface area contributed by atoms with Crippen molar-refractivity contribution in [3.63, 3.8) is 0 Å². The van der Waals surface area contributed by atoms with E-state index in [1.807, 2.05) is 0 Å². The number of ether oxygens (including phenoxy) is 1. The molecule has 1 rings (SSSR count). The minimum Gasteiger partial charge on any atom is -0.496 e. The molecule has 0 radical (unpaired) electrons. The van der Waals surface area contributed by atoms with Crippen LogP contribution in [0.2, 0.25) is 5.02 Å². The molecule has 4 nitrogen and oxygen atoms in total. The van der Waals surface area contributed by atoms with Gasteiger partial charge >= 0.3 is 5.97 Å². The Labute approximate surface area is 91.7 Å². The van der Waals surface area contributed by atoms with Crippen LogP contribution >= 0.6 is 11.6 Å². The summed E-state index contributed by atoms with van der Waals surface area (Å²) in [6.07, 6.45) is 0. The van der Waals surface area contributed by atoms with Gasteiger partial charge in [0, 0.05) is 10.6 Å². The molecule has 0 bridgehead atoms. The molecule has 1 atom stereocenters. The first-order valence-corrected chi connectivity index (χ1v) is 4.43. The molecule has 5 heteroatoms. The summed E-state index contributed by atoms with van der Waals surface area (Å²) >= 11 is 5.72. The van der Waals surface area contributed by atoms with Gasteiger partial charge in [-0.05, 0) is 18.2 Å². The average molecular weight is 226 g/mol. The summed E-state index contributed by atoms with van der Waals surface area (Å²) in [4.78, 5) is 10.8. The van der Waals surface area contributed by atoms with Crippen LogP contribution in [0.5, 0.6) is 5.75 Å². The Morgan fingerprint density at radius 3 is 2.80 bits per heavy atom. The highest BCUT2D eigenvalue weighted by Gasteiger charge is 2.23. The molecule has 0 aliphatic carbocycles. The molecule has 0 fully saturated rings. The topological polar surface area (TPSA) is 70.3 Å². The standard InChI is InChI=1S/C10H8ClNO3/c1-15-9-3-2-6(11)4-7(9)8(5-12)10(13)14/h2-4,8H,1H3,(H,13,14). The maximum absolute atomic E-state index is 10.8. The first kappa shape index (κ1) is 11.3. The summed E-state index contributed by atoms with van der Waals surface area (Å²) in [7, 11) is 1.41. The zero-order chi connectivity index (χ0) is 11.4. The summed E-state index contributed by atoms with van der Waals surface area (Å²) in [5.41, 5.74) is 0.264. The fourth-order valence-corrected chi connectivity index (χ4v) is 1.37. The minimum atomic E-state index is -1.27. The highest BCUT2D eigenvalue weighted by atomic mass is 35.5. The number of carbonyl (C=O) groups is 1. The van der Waals surface area contributed by atoms with E-state index in [0.717, 1.165) is 0 Å². The van der Waals surface area contributed by atoms with Crippen LogP contribution in [0.4, 0.5) is 0 Å². The number of hydrogen-bond donors (Lipinski definition) is 1. The van der Waals surface area contributed by atoms with Gasteiger partial charge in [-0.15, -0.1) is 0 Å². The number of hydrogen-bond acceptors (Lipinski definition) is 3. The van der Waals surface area contributed by atoms with E-state index in [1.165, 1.54) is 19.2 Å². The van der Waals surface area contributed by atoms with Crippen molar-refractivity contribution in [3.05, 3.63) is 28.8 Å². The summed E-state index contributed by atoms with van der Waals surface area (Å²) in [6.45, 7) is 0. The lowest BCUT2D eigenvalue weighted by molar-refractivity contribution is -0.137. The van der Waals surface area contributed by atoms with E-state index in [4.69, 9.17) is 26.7 Å². The number of carboxylic acid groups (broad SMARTS) is 1. The van der Waals surface area contributed by atoms with Crippen LogP contribution in [0.3, 0.4) is 0 Å². The molecule has 1 aromatic carbocycles. The van der Waals surface area contributed by atoms with E-state index in [2.05, 4.69) is 0 Å². The molecule has 0 aromatic heterocycles. The van der Waals surface area contributed by atoms with Gasteiger partial charge in [-0.25, -0.2) is 0 Å². The molecule has 0 spiro atoms.